The Bertz CT molecular complexity index is 887. The predicted octanol–water partition coefficient (Wildman–Crippen LogP) is 4.12. The number of nitrogens with one attached hydrogen (secondary N) is 1. The summed E-state index contributed by atoms with van der Waals surface area (Å²) in [5.74, 6) is 0.700. The van der Waals surface area contributed by atoms with Crippen molar-refractivity contribution in [2.75, 3.05) is 12.4 Å². The molecule has 0 spiro atoms. The molecule has 0 aliphatic heterocycles. The Labute approximate surface area is 145 Å². The van der Waals surface area contributed by atoms with Crippen LogP contribution in [0.2, 0.25) is 0 Å². The molecule has 6 nitrogen and oxygen atoms in total. The van der Waals surface area contributed by atoms with Gasteiger partial charge in [-0.25, -0.2) is 0 Å². The van der Waals surface area contributed by atoms with Crippen LogP contribution >= 0.6 is 0 Å². The summed E-state index contributed by atoms with van der Waals surface area (Å²) in [5.41, 5.74) is 2.47. The molecule has 128 valence electrons. The van der Waals surface area contributed by atoms with E-state index in [2.05, 4.69) is 29.4 Å². The number of nitrogens with zero attached hydrogens (tertiary/aromatic N) is 2. The standard InChI is InChI=1S/C19H19N3O3/c1-12(2)15-9-4-5-10-16(15)20-17(23)19-22-21-18(25-19)13-7-6-8-14(11-13)24-3/h4-12H,1-3H3,(H,20,23). The van der Waals surface area contributed by atoms with E-state index in [1.807, 2.05) is 42.5 Å². The van der Waals surface area contributed by atoms with Gasteiger partial charge in [-0.3, -0.25) is 4.79 Å². The Kier molecular flexibility index (Phi) is 4.79. The summed E-state index contributed by atoms with van der Waals surface area (Å²) >= 11 is 0. The number of carbonyl (C=O) groups is 1. The van der Waals surface area contributed by atoms with E-state index in [0.29, 0.717) is 11.3 Å². The minimum absolute atomic E-state index is 0.0867. The average Bonchev–Trinajstić information content (AvgIpc) is 3.12. The van der Waals surface area contributed by atoms with Crippen molar-refractivity contribution in [2.24, 2.45) is 0 Å². The quantitative estimate of drug-likeness (QED) is 0.758. The van der Waals surface area contributed by atoms with Gasteiger partial charge in [0, 0.05) is 11.3 Å². The van der Waals surface area contributed by atoms with Gasteiger partial charge in [-0.2, -0.15) is 0 Å². The van der Waals surface area contributed by atoms with Gasteiger partial charge < -0.3 is 14.5 Å². The van der Waals surface area contributed by atoms with E-state index in [1.165, 1.54) is 0 Å². The zero-order valence-corrected chi connectivity index (χ0v) is 14.3. The second kappa shape index (κ2) is 7.17. The largest absolute Gasteiger partial charge is 0.497 e. The van der Waals surface area contributed by atoms with Crippen molar-refractivity contribution in [3.63, 3.8) is 0 Å². The van der Waals surface area contributed by atoms with Crippen molar-refractivity contribution in [2.45, 2.75) is 19.8 Å². The number of methoxy groups -OCH3 is 1. The molecule has 0 aliphatic carbocycles. The van der Waals surface area contributed by atoms with Gasteiger partial charge in [0.1, 0.15) is 5.75 Å². The fourth-order valence-corrected chi connectivity index (χ4v) is 2.48. The summed E-state index contributed by atoms with van der Waals surface area (Å²) in [7, 11) is 1.58. The third-order valence-electron chi connectivity index (χ3n) is 3.77. The van der Waals surface area contributed by atoms with Gasteiger partial charge in [0.15, 0.2) is 0 Å². The van der Waals surface area contributed by atoms with Crippen LogP contribution in [0.4, 0.5) is 5.69 Å². The van der Waals surface area contributed by atoms with E-state index >= 15 is 0 Å². The van der Waals surface area contributed by atoms with Gasteiger partial charge in [0.2, 0.25) is 5.89 Å². The van der Waals surface area contributed by atoms with Crippen molar-refractivity contribution < 1.29 is 13.9 Å². The Morgan fingerprint density at radius 3 is 2.68 bits per heavy atom. The van der Waals surface area contributed by atoms with Crippen LogP contribution in [-0.4, -0.2) is 23.2 Å². The Balaban J connectivity index is 1.82. The van der Waals surface area contributed by atoms with E-state index in [1.54, 1.807) is 13.2 Å². The Morgan fingerprint density at radius 2 is 1.92 bits per heavy atom. The van der Waals surface area contributed by atoms with Crippen molar-refractivity contribution in [1.82, 2.24) is 10.2 Å². The normalized spacial score (nSPS) is 10.7. The lowest BCUT2D eigenvalue weighted by Gasteiger charge is -2.12. The van der Waals surface area contributed by atoms with Crippen LogP contribution in [-0.2, 0) is 0 Å². The summed E-state index contributed by atoms with van der Waals surface area (Å²) < 4.78 is 10.7. The number of para-hydroxylation sites is 1. The number of benzene rings is 2. The summed E-state index contributed by atoms with van der Waals surface area (Å²) in [6.45, 7) is 4.14. The number of ether oxygens (including phenoxy) is 1. The van der Waals surface area contributed by atoms with E-state index in [9.17, 15) is 4.79 Å². The number of hydrogen-bond acceptors (Lipinski definition) is 5. The van der Waals surface area contributed by atoms with Gasteiger partial charge in [0.05, 0.1) is 7.11 Å². The zero-order chi connectivity index (χ0) is 17.8. The molecule has 0 fully saturated rings. The predicted molar refractivity (Wildman–Crippen MR) is 94.8 cm³/mol. The van der Waals surface area contributed by atoms with Crippen LogP contribution < -0.4 is 10.1 Å². The molecule has 0 saturated heterocycles. The molecule has 1 aromatic heterocycles. The molecule has 0 unspecified atom stereocenters. The van der Waals surface area contributed by atoms with Gasteiger partial charge in [-0.15, -0.1) is 10.2 Å². The van der Waals surface area contributed by atoms with E-state index in [0.717, 1.165) is 11.3 Å². The van der Waals surface area contributed by atoms with Crippen LogP contribution in [0.3, 0.4) is 0 Å². The molecular formula is C19H19N3O3. The molecule has 1 amide bonds. The lowest BCUT2D eigenvalue weighted by atomic mass is 10.0. The average molecular weight is 337 g/mol. The van der Waals surface area contributed by atoms with Crippen LogP contribution in [0.5, 0.6) is 5.75 Å². The number of aromatic nitrogens is 2. The molecule has 0 aliphatic rings. The first-order chi connectivity index (χ1) is 12.1. The Hall–Kier alpha value is -3.15. The highest BCUT2D eigenvalue weighted by Crippen LogP contribution is 2.25. The maximum atomic E-state index is 12.4. The highest BCUT2D eigenvalue weighted by atomic mass is 16.5. The minimum atomic E-state index is -0.435. The number of carbonyl (C=O) groups excluding carboxylic acids is 1. The fraction of sp³-hybridized carbons (Fsp3) is 0.211. The number of amides is 1. The van der Waals surface area contributed by atoms with Crippen LogP contribution in [0.15, 0.2) is 52.9 Å². The molecule has 3 aromatic rings. The molecule has 0 bridgehead atoms. The minimum Gasteiger partial charge on any atom is -0.497 e. The van der Waals surface area contributed by atoms with E-state index in [-0.39, 0.29) is 17.7 Å². The molecule has 0 atom stereocenters. The SMILES string of the molecule is COc1cccc(-c2nnc(C(=O)Nc3ccccc3C(C)C)o2)c1. The summed E-state index contributed by atoms with van der Waals surface area (Å²) in [6.07, 6.45) is 0. The molecule has 25 heavy (non-hydrogen) atoms. The summed E-state index contributed by atoms with van der Waals surface area (Å²) in [4.78, 5) is 12.4. The van der Waals surface area contributed by atoms with Crippen molar-refractivity contribution in [3.05, 3.63) is 60.0 Å². The molecule has 1 heterocycles. The van der Waals surface area contributed by atoms with Crippen molar-refractivity contribution >= 4 is 11.6 Å². The summed E-state index contributed by atoms with van der Waals surface area (Å²) in [5, 5.41) is 10.6. The van der Waals surface area contributed by atoms with Crippen molar-refractivity contribution in [3.8, 4) is 17.2 Å². The van der Waals surface area contributed by atoms with Crippen LogP contribution in [0, 0.1) is 0 Å². The number of hydrogen-bond donors (Lipinski definition) is 1. The van der Waals surface area contributed by atoms with Gasteiger partial charge >= 0.3 is 11.8 Å². The monoisotopic (exact) mass is 337 g/mol. The first-order valence-corrected chi connectivity index (χ1v) is 7.96. The summed E-state index contributed by atoms with van der Waals surface area (Å²) in [6, 6.07) is 14.9. The Morgan fingerprint density at radius 1 is 1.12 bits per heavy atom. The smallest absolute Gasteiger partial charge is 0.313 e. The third kappa shape index (κ3) is 3.68. The van der Waals surface area contributed by atoms with E-state index < -0.39 is 5.91 Å². The van der Waals surface area contributed by atoms with Crippen LogP contribution in [0.25, 0.3) is 11.5 Å². The van der Waals surface area contributed by atoms with Gasteiger partial charge in [-0.05, 0) is 35.7 Å². The molecule has 0 radical (unpaired) electrons. The highest BCUT2D eigenvalue weighted by molar-refractivity contribution is 6.01. The number of rotatable bonds is 5. The third-order valence-corrected chi connectivity index (χ3v) is 3.77. The fourth-order valence-electron chi connectivity index (χ4n) is 2.48. The maximum Gasteiger partial charge on any atom is 0.313 e. The second-order valence-electron chi connectivity index (χ2n) is 5.84. The lowest BCUT2D eigenvalue weighted by Crippen LogP contribution is -2.14. The van der Waals surface area contributed by atoms with Gasteiger partial charge in [-0.1, -0.05) is 38.1 Å². The molecule has 1 N–H and O–H groups in total. The van der Waals surface area contributed by atoms with Crippen molar-refractivity contribution in [1.29, 1.82) is 0 Å². The van der Waals surface area contributed by atoms with E-state index in [4.69, 9.17) is 9.15 Å². The zero-order valence-electron chi connectivity index (χ0n) is 14.3. The highest BCUT2D eigenvalue weighted by Gasteiger charge is 2.18. The molecule has 6 heteroatoms. The molecule has 0 saturated carbocycles. The molecule has 3 rings (SSSR count). The number of anilines is 1. The lowest BCUT2D eigenvalue weighted by molar-refractivity contribution is 0.0990. The first-order valence-electron chi connectivity index (χ1n) is 7.96. The molecular weight excluding hydrogens is 318 g/mol. The second-order valence-corrected chi connectivity index (χ2v) is 5.84. The first kappa shape index (κ1) is 16.7. The molecule has 2 aromatic carbocycles. The van der Waals surface area contributed by atoms with Crippen LogP contribution in [0.1, 0.15) is 36.0 Å². The topological polar surface area (TPSA) is 77.2 Å². The van der Waals surface area contributed by atoms with Gasteiger partial charge in [0.25, 0.3) is 0 Å². The maximum absolute atomic E-state index is 12.4.